The number of anilines is 1. The van der Waals surface area contributed by atoms with Gasteiger partial charge in [0, 0.05) is 0 Å². The molecule has 1 N–H and O–H groups in total. The van der Waals surface area contributed by atoms with Crippen LogP contribution in [-0.2, 0) is 0 Å². The second-order valence-electron chi connectivity index (χ2n) is 3.99. The molecule has 0 atom stereocenters. The lowest BCUT2D eigenvalue weighted by Gasteiger charge is -2.12. The van der Waals surface area contributed by atoms with Gasteiger partial charge in [-0.2, -0.15) is 5.26 Å². The van der Waals surface area contributed by atoms with Crippen molar-refractivity contribution in [2.75, 3.05) is 11.9 Å². The summed E-state index contributed by atoms with van der Waals surface area (Å²) >= 11 is 12.0. The van der Waals surface area contributed by atoms with Crippen molar-refractivity contribution in [2.24, 2.45) is 0 Å². The highest BCUT2D eigenvalue weighted by atomic mass is 35.5. The maximum Gasteiger partial charge on any atom is 0.258 e. The van der Waals surface area contributed by atoms with E-state index in [9.17, 15) is 4.79 Å². The zero-order chi connectivity index (χ0) is 15.2. The number of nitrogens with zero attached hydrogens (tertiary/aromatic N) is 1. The van der Waals surface area contributed by atoms with Gasteiger partial charge in [0.2, 0.25) is 0 Å². The monoisotopic (exact) mass is 320 g/mol. The number of halogens is 2. The lowest BCUT2D eigenvalue weighted by Crippen LogP contribution is -2.14. The molecule has 0 aliphatic carbocycles. The van der Waals surface area contributed by atoms with Gasteiger partial charge >= 0.3 is 0 Å². The molecule has 0 heterocycles. The minimum atomic E-state index is -0.446. The first-order valence-electron chi connectivity index (χ1n) is 5.97. The number of hydrogen-bond donors (Lipinski definition) is 1. The van der Waals surface area contributed by atoms with Gasteiger partial charge in [-0.15, -0.1) is 0 Å². The van der Waals surface area contributed by atoms with Crippen LogP contribution >= 0.6 is 23.2 Å². The summed E-state index contributed by atoms with van der Waals surface area (Å²) in [6.07, 6.45) is 0. The first-order chi connectivity index (χ1) is 10.1. The second kappa shape index (κ2) is 6.98. The van der Waals surface area contributed by atoms with Crippen molar-refractivity contribution in [3.63, 3.8) is 0 Å². The first kappa shape index (κ1) is 15.2. The van der Waals surface area contributed by atoms with Gasteiger partial charge in [-0.3, -0.25) is 4.79 Å². The number of rotatable bonds is 4. The molecule has 0 spiro atoms. The van der Waals surface area contributed by atoms with Crippen molar-refractivity contribution in [3.05, 3.63) is 58.1 Å². The number of ether oxygens (including phenoxy) is 1. The molecule has 2 aromatic carbocycles. The van der Waals surface area contributed by atoms with Crippen LogP contribution in [0.2, 0.25) is 10.0 Å². The SMILES string of the molecule is N#CCOc1ccccc1NC(=O)c1c(Cl)cccc1Cl. The normalized spacial score (nSPS) is 9.76. The minimum absolute atomic E-state index is 0.111. The minimum Gasteiger partial charge on any atom is -0.477 e. The van der Waals surface area contributed by atoms with Crippen molar-refractivity contribution in [2.45, 2.75) is 0 Å². The van der Waals surface area contributed by atoms with E-state index in [4.69, 9.17) is 33.2 Å². The third-order valence-corrected chi connectivity index (χ3v) is 3.25. The smallest absolute Gasteiger partial charge is 0.258 e. The third kappa shape index (κ3) is 3.66. The van der Waals surface area contributed by atoms with E-state index in [0.29, 0.717) is 11.4 Å². The van der Waals surface area contributed by atoms with Gasteiger partial charge < -0.3 is 10.1 Å². The van der Waals surface area contributed by atoms with Crippen LogP contribution in [0.25, 0.3) is 0 Å². The molecule has 0 aliphatic heterocycles. The van der Waals surface area contributed by atoms with Crippen LogP contribution in [0.15, 0.2) is 42.5 Å². The van der Waals surface area contributed by atoms with E-state index in [1.807, 2.05) is 6.07 Å². The summed E-state index contributed by atoms with van der Waals surface area (Å²) in [4.78, 5) is 12.3. The number of carbonyl (C=O) groups excluding carboxylic acids is 1. The molecule has 21 heavy (non-hydrogen) atoms. The number of carbonyl (C=O) groups is 1. The summed E-state index contributed by atoms with van der Waals surface area (Å²) in [5.74, 6) is -0.0471. The van der Waals surface area contributed by atoms with Crippen molar-refractivity contribution in [1.29, 1.82) is 5.26 Å². The third-order valence-electron chi connectivity index (χ3n) is 2.62. The van der Waals surface area contributed by atoms with E-state index < -0.39 is 5.91 Å². The van der Waals surface area contributed by atoms with Gasteiger partial charge in [0.1, 0.15) is 11.8 Å². The summed E-state index contributed by atoms with van der Waals surface area (Å²) in [5, 5.41) is 11.7. The highest BCUT2D eigenvalue weighted by molar-refractivity contribution is 6.40. The van der Waals surface area contributed by atoms with E-state index >= 15 is 0 Å². The maximum absolute atomic E-state index is 12.3. The summed E-state index contributed by atoms with van der Waals surface area (Å²) in [6, 6.07) is 13.5. The van der Waals surface area contributed by atoms with Crippen LogP contribution in [0.3, 0.4) is 0 Å². The fraction of sp³-hybridized carbons (Fsp3) is 0.0667. The number of para-hydroxylation sites is 2. The molecule has 0 radical (unpaired) electrons. The predicted octanol–water partition coefficient (Wildman–Crippen LogP) is 4.15. The lowest BCUT2D eigenvalue weighted by atomic mass is 10.2. The van der Waals surface area contributed by atoms with Crippen molar-refractivity contribution >= 4 is 34.8 Å². The van der Waals surface area contributed by atoms with E-state index in [1.165, 1.54) is 0 Å². The highest BCUT2D eigenvalue weighted by Crippen LogP contribution is 2.28. The summed E-state index contributed by atoms with van der Waals surface area (Å²) < 4.78 is 5.24. The van der Waals surface area contributed by atoms with Crippen LogP contribution in [0.4, 0.5) is 5.69 Å². The lowest BCUT2D eigenvalue weighted by molar-refractivity contribution is 0.102. The number of amides is 1. The molecule has 2 rings (SSSR count). The van der Waals surface area contributed by atoms with Crippen LogP contribution in [0, 0.1) is 11.3 Å². The Morgan fingerprint density at radius 2 is 1.81 bits per heavy atom. The number of nitrogens with one attached hydrogen (secondary N) is 1. The molecule has 0 unspecified atom stereocenters. The molecule has 0 saturated carbocycles. The van der Waals surface area contributed by atoms with Crippen molar-refractivity contribution in [1.82, 2.24) is 0 Å². The molecule has 2 aromatic rings. The number of benzene rings is 2. The van der Waals surface area contributed by atoms with E-state index in [1.54, 1.807) is 42.5 Å². The Bertz CT molecular complexity index is 691. The van der Waals surface area contributed by atoms with Crippen LogP contribution in [-0.4, -0.2) is 12.5 Å². The van der Waals surface area contributed by atoms with Gasteiger partial charge in [-0.25, -0.2) is 0 Å². The fourth-order valence-corrected chi connectivity index (χ4v) is 2.27. The zero-order valence-electron chi connectivity index (χ0n) is 10.8. The molecule has 1 amide bonds. The molecule has 0 saturated heterocycles. The number of nitriles is 1. The Morgan fingerprint density at radius 1 is 1.14 bits per heavy atom. The molecule has 0 aliphatic rings. The molecule has 0 fully saturated rings. The Kier molecular flexibility index (Phi) is 5.04. The molecule has 0 aromatic heterocycles. The first-order valence-corrected chi connectivity index (χ1v) is 6.73. The van der Waals surface area contributed by atoms with Gasteiger partial charge in [0.15, 0.2) is 6.61 Å². The molecule has 0 bridgehead atoms. The molecule has 106 valence electrons. The maximum atomic E-state index is 12.3. The van der Waals surface area contributed by atoms with Gasteiger partial charge in [0.05, 0.1) is 21.3 Å². The Hall–Kier alpha value is -2.22. The fourth-order valence-electron chi connectivity index (χ4n) is 1.71. The zero-order valence-corrected chi connectivity index (χ0v) is 12.3. The average Bonchev–Trinajstić information content (AvgIpc) is 2.46. The highest BCUT2D eigenvalue weighted by Gasteiger charge is 2.16. The number of hydrogen-bond acceptors (Lipinski definition) is 3. The van der Waals surface area contributed by atoms with Crippen molar-refractivity contribution in [3.8, 4) is 11.8 Å². The second-order valence-corrected chi connectivity index (χ2v) is 4.81. The topological polar surface area (TPSA) is 62.1 Å². The van der Waals surface area contributed by atoms with Gasteiger partial charge in [0.25, 0.3) is 5.91 Å². The Balaban J connectivity index is 2.26. The van der Waals surface area contributed by atoms with Gasteiger partial charge in [-0.1, -0.05) is 41.4 Å². The molecule has 4 nitrogen and oxygen atoms in total. The molecular formula is C15H10Cl2N2O2. The van der Waals surface area contributed by atoms with Crippen LogP contribution < -0.4 is 10.1 Å². The largest absolute Gasteiger partial charge is 0.477 e. The Morgan fingerprint density at radius 3 is 2.48 bits per heavy atom. The summed E-state index contributed by atoms with van der Waals surface area (Å²) in [7, 11) is 0. The van der Waals surface area contributed by atoms with E-state index in [-0.39, 0.29) is 22.2 Å². The summed E-state index contributed by atoms with van der Waals surface area (Å²) in [5.41, 5.74) is 0.629. The summed E-state index contributed by atoms with van der Waals surface area (Å²) in [6.45, 7) is -0.111. The standard InChI is InChI=1S/C15H10Cl2N2O2/c16-10-4-3-5-11(17)14(10)15(20)19-12-6-1-2-7-13(12)21-9-8-18/h1-7H,9H2,(H,19,20). The van der Waals surface area contributed by atoms with E-state index in [0.717, 1.165) is 0 Å². The molecular weight excluding hydrogens is 311 g/mol. The Labute approximate surface area is 131 Å². The quantitative estimate of drug-likeness (QED) is 0.920. The van der Waals surface area contributed by atoms with Crippen LogP contribution in [0.1, 0.15) is 10.4 Å². The van der Waals surface area contributed by atoms with Gasteiger partial charge in [-0.05, 0) is 24.3 Å². The molecule has 6 heteroatoms. The van der Waals surface area contributed by atoms with E-state index in [2.05, 4.69) is 5.32 Å². The average molecular weight is 321 g/mol. The van der Waals surface area contributed by atoms with Crippen molar-refractivity contribution < 1.29 is 9.53 Å². The predicted molar refractivity (Wildman–Crippen MR) is 82.0 cm³/mol. The van der Waals surface area contributed by atoms with Crippen LogP contribution in [0.5, 0.6) is 5.75 Å².